The van der Waals surface area contributed by atoms with Gasteiger partial charge in [-0.25, -0.2) is 0 Å². The second kappa shape index (κ2) is 6.80. The van der Waals surface area contributed by atoms with Gasteiger partial charge in [-0.2, -0.15) is 5.10 Å². The molecule has 3 heterocycles. The Morgan fingerprint density at radius 3 is 2.64 bits per heavy atom. The lowest BCUT2D eigenvalue weighted by Crippen LogP contribution is -2.41. The molecule has 4 rings (SSSR count). The molecule has 25 heavy (non-hydrogen) atoms. The number of aromatic nitrogens is 2. The maximum Gasteiger partial charge on any atom is 0.274 e. The topological polar surface area (TPSA) is 78.1 Å². The van der Waals surface area contributed by atoms with E-state index in [4.69, 9.17) is 0 Å². The van der Waals surface area contributed by atoms with E-state index in [0.717, 1.165) is 29.8 Å². The molecule has 0 atom stereocenters. The zero-order valence-electron chi connectivity index (χ0n) is 14.1. The number of H-pyrrole nitrogens is 1. The lowest BCUT2D eigenvalue weighted by atomic mass is 9.88. The van der Waals surface area contributed by atoms with Gasteiger partial charge in [0.15, 0.2) is 11.5 Å². The zero-order chi connectivity index (χ0) is 17.2. The number of hydrogen-bond acceptors (Lipinski definition) is 4. The minimum Gasteiger partial charge on any atom is -0.337 e. The van der Waals surface area contributed by atoms with E-state index in [0.29, 0.717) is 38.2 Å². The van der Waals surface area contributed by atoms with Crippen molar-refractivity contribution in [3.63, 3.8) is 0 Å². The lowest BCUT2D eigenvalue weighted by Gasteiger charge is -2.31. The van der Waals surface area contributed by atoms with Crippen LogP contribution in [0.1, 0.15) is 44.9 Å². The van der Waals surface area contributed by atoms with Crippen molar-refractivity contribution in [2.75, 3.05) is 19.6 Å². The van der Waals surface area contributed by atoms with Gasteiger partial charge in [-0.1, -0.05) is 30.3 Å². The van der Waals surface area contributed by atoms with Crippen LogP contribution in [-0.2, 0) is 13.0 Å². The molecule has 0 bridgehead atoms. The van der Waals surface area contributed by atoms with Gasteiger partial charge in [0.25, 0.3) is 5.91 Å². The summed E-state index contributed by atoms with van der Waals surface area (Å²) in [7, 11) is 0. The van der Waals surface area contributed by atoms with Crippen molar-refractivity contribution < 1.29 is 9.59 Å². The Balaban J connectivity index is 1.41. The van der Waals surface area contributed by atoms with Crippen LogP contribution in [0.5, 0.6) is 0 Å². The minimum absolute atomic E-state index is 0.00113. The van der Waals surface area contributed by atoms with Crippen LogP contribution in [0, 0.1) is 5.92 Å². The first kappa shape index (κ1) is 16.0. The van der Waals surface area contributed by atoms with E-state index in [-0.39, 0.29) is 17.6 Å². The van der Waals surface area contributed by atoms with Crippen LogP contribution < -0.4 is 5.32 Å². The van der Waals surface area contributed by atoms with Crippen molar-refractivity contribution in [1.82, 2.24) is 20.4 Å². The second-order valence-electron chi connectivity index (χ2n) is 6.75. The fourth-order valence-corrected chi connectivity index (χ4v) is 3.73. The zero-order valence-corrected chi connectivity index (χ0v) is 14.1. The Bertz CT molecular complexity index is 776. The van der Waals surface area contributed by atoms with Crippen molar-refractivity contribution in [1.29, 1.82) is 0 Å². The SMILES string of the molecule is O=C(c1ccccc1)C1CCN(C(=O)c2n[nH]c3c2CNCC3)CC1. The summed E-state index contributed by atoms with van der Waals surface area (Å²) in [5.41, 5.74) is 3.37. The summed E-state index contributed by atoms with van der Waals surface area (Å²) in [4.78, 5) is 27.2. The number of fused-ring (bicyclic) bond motifs is 1. The van der Waals surface area contributed by atoms with Crippen LogP contribution in [0.2, 0.25) is 0 Å². The standard InChI is InChI=1S/C19H22N4O2/c24-18(13-4-2-1-3-5-13)14-7-10-23(11-8-14)19(25)17-15-12-20-9-6-16(15)21-22-17/h1-5,14,20H,6-12H2,(H,21,22). The number of ketones is 1. The number of nitrogens with one attached hydrogen (secondary N) is 2. The molecular weight excluding hydrogens is 316 g/mol. The van der Waals surface area contributed by atoms with E-state index < -0.39 is 0 Å². The number of amides is 1. The molecule has 0 spiro atoms. The fourth-order valence-electron chi connectivity index (χ4n) is 3.73. The molecule has 6 nitrogen and oxygen atoms in total. The number of aromatic amines is 1. The normalized spacial score (nSPS) is 18.0. The minimum atomic E-state index is -0.0215. The summed E-state index contributed by atoms with van der Waals surface area (Å²) >= 11 is 0. The monoisotopic (exact) mass is 338 g/mol. The molecule has 0 saturated carbocycles. The van der Waals surface area contributed by atoms with Gasteiger partial charge in [0.1, 0.15) is 0 Å². The van der Waals surface area contributed by atoms with Gasteiger partial charge in [0.2, 0.25) is 0 Å². The quantitative estimate of drug-likeness (QED) is 0.837. The van der Waals surface area contributed by atoms with Crippen LogP contribution in [0.4, 0.5) is 0 Å². The fraction of sp³-hybridized carbons (Fsp3) is 0.421. The number of hydrogen-bond donors (Lipinski definition) is 2. The first-order chi connectivity index (χ1) is 12.2. The van der Waals surface area contributed by atoms with E-state index in [2.05, 4.69) is 15.5 Å². The number of likely N-dealkylation sites (tertiary alicyclic amines) is 1. The van der Waals surface area contributed by atoms with Gasteiger partial charge in [-0.3, -0.25) is 14.7 Å². The third kappa shape index (κ3) is 3.09. The molecule has 0 unspecified atom stereocenters. The molecular formula is C19H22N4O2. The predicted octanol–water partition coefficient (Wildman–Crippen LogP) is 1.79. The molecule has 0 radical (unpaired) electrons. The molecule has 1 saturated heterocycles. The predicted molar refractivity (Wildman–Crippen MR) is 93.4 cm³/mol. The number of benzene rings is 1. The average Bonchev–Trinajstić information content (AvgIpc) is 3.12. The van der Waals surface area contributed by atoms with Gasteiger partial charge in [-0.15, -0.1) is 0 Å². The molecule has 2 aromatic rings. The highest BCUT2D eigenvalue weighted by Gasteiger charge is 2.31. The lowest BCUT2D eigenvalue weighted by molar-refractivity contribution is 0.0644. The van der Waals surface area contributed by atoms with Gasteiger partial charge in [0, 0.05) is 55.3 Å². The van der Waals surface area contributed by atoms with Crippen molar-refractivity contribution in [3.05, 3.63) is 52.8 Å². The highest BCUT2D eigenvalue weighted by molar-refractivity contribution is 5.98. The van der Waals surface area contributed by atoms with Gasteiger partial charge in [0.05, 0.1) is 0 Å². The largest absolute Gasteiger partial charge is 0.337 e. The molecule has 1 aromatic heterocycles. The van der Waals surface area contributed by atoms with E-state index in [1.807, 2.05) is 35.2 Å². The van der Waals surface area contributed by atoms with E-state index in [9.17, 15) is 9.59 Å². The van der Waals surface area contributed by atoms with Crippen molar-refractivity contribution in [3.8, 4) is 0 Å². The smallest absolute Gasteiger partial charge is 0.274 e. The summed E-state index contributed by atoms with van der Waals surface area (Å²) in [6.07, 6.45) is 2.30. The second-order valence-corrected chi connectivity index (χ2v) is 6.75. The van der Waals surface area contributed by atoms with E-state index in [1.54, 1.807) is 0 Å². The van der Waals surface area contributed by atoms with Crippen LogP contribution in [0.3, 0.4) is 0 Å². The molecule has 130 valence electrons. The van der Waals surface area contributed by atoms with E-state index in [1.165, 1.54) is 0 Å². The maximum atomic E-state index is 12.8. The van der Waals surface area contributed by atoms with Gasteiger partial charge in [-0.05, 0) is 12.8 Å². The summed E-state index contributed by atoms with van der Waals surface area (Å²) in [5, 5.41) is 10.5. The van der Waals surface area contributed by atoms with Crippen LogP contribution >= 0.6 is 0 Å². The molecule has 6 heteroatoms. The number of nitrogens with zero attached hydrogens (tertiary/aromatic N) is 2. The van der Waals surface area contributed by atoms with Gasteiger partial charge >= 0.3 is 0 Å². The van der Waals surface area contributed by atoms with Crippen LogP contribution in [0.15, 0.2) is 30.3 Å². The van der Waals surface area contributed by atoms with Crippen LogP contribution in [-0.4, -0.2) is 46.4 Å². The number of Topliss-reactive ketones (excluding diaryl/α,β-unsaturated/α-hetero) is 1. The molecule has 1 aromatic carbocycles. The molecule has 2 aliphatic heterocycles. The third-order valence-electron chi connectivity index (χ3n) is 5.22. The summed E-state index contributed by atoms with van der Waals surface area (Å²) in [6.45, 7) is 2.82. The Morgan fingerprint density at radius 1 is 1.12 bits per heavy atom. The molecule has 1 fully saturated rings. The Kier molecular flexibility index (Phi) is 4.36. The molecule has 0 aliphatic carbocycles. The average molecular weight is 338 g/mol. The number of piperidine rings is 1. The summed E-state index contributed by atoms with van der Waals surface area (Å²) < 4.78 is 0. The number of rotatable bonds is 3. The highest BCUT2D eigenvalue weighted by atomic mass is 16.2. The maximum absolute atomic E-state index is 12.8. The third-order valence-corrected chi connectivity index (χ3v) is 5.22. The first-order valence-electron chi connectivity index (χ1n) is 8.89. The van der Waals surface area contributed by atoms with Gasteiger partial charge < -0.3 is 10.2 Å². The Labute approximate surface area is 146 Å². The number of carbonyl (C=O) groups excluding carboxylic acids is 2. The Hall–Kier alpha value is -2.47. The summed E-state index contributed by atoms with van der Waals surface area (Å²) in [5.74, 6) is 0.169. The molecule has 1 amide bonds. The summed E-state index contributed by atoms with van der Waals surface area (Å²) in [6, 6.07) is 9.42. The van der Waals surface area contributed by atoms with Crippen molar-refractivity contribution in [2.45, 2.75) is 25.8 Å². The van der Waals surface area contributed by atoms with E-state index >= 15 is 0 Å². The van der Waals surface area contributed by atoms with Crippen LogP contribution in [0.25, 0.3) is 0 Å². The number of carbonyl (C=O) groups is 2. The molecule has 2 aliphatic rings. The van der Waals surface area contributed by atoms with Crippen molar-refractivity contribution >= 4 is 11.7 Å². The highest BCUT2D eigenvalue weighted by Crippen LogP contribution is 2.24. The first-order valence-corrected chi connectivity index (χ1v) is 8.89. The van der Waals surface area contributed by atoms with Crippen molar-refractivity contribution in [2.24, 2.45) is 5.92 Å². The Morgan fingerprint density at radius 2 is 1.88 bits per heavy atom. The molecule has 2 N–H and O–H groups in total.